The van der Waals surface area contributed by atoms with E-state index in [1.807, 2.05) is 0 Å². The van der Waals surface area contributed by atoms with Crippen molar-refractivity contribution in [2.24, 2.45) is 0 Å². The van der Waals surface area contributed by atoms with Crippen LogP contribution in [0.1, 0.15) is 69.9 Å². The number of nitriles is 1. The van der Waals surface area contributed by atoms with Gasteiger partial charge in [-0.25, -0.2) is 0 Å². The van der Waals surface area contributed by atoms with Crippen molar-refractivity contribution in [2.45, 2.75) is 58.8 Å². The highest BCUT2D eigenvalue weighted by atomic mass is 32.2. The third-order valence-electron chi connectivity index (χ3n) is 3.71. The van der Waals surface area contributed by atoms with E-state index in [1.165, 1.54) is 22.9 Å². The van der Waals surface area contributed by atoms with Gasteiger partial charge in [-0.1, -0.05) is 39.8 Å². The maximum absolute atomic E-state index is 8.65. The predicted octanol–water partition coefficient (Wildman–Crippen LogP) is 5.70. The zero-order valence-electron chi connectivity index (χ0n) is 13.7. The molecule has 1 aromatic carbocycles. The van der Waals surface area contributed by atoms with Crippen molar-refractivity contribution < 1.29 is 4.74 Å². The Morgan fingerprint density at radius 2 is 2.05 bits per heavy atom. The van der Waals surface area contributed by atoms with Crippen LogP contribution >= 0.6 is 11.8 Å². The van der Waals surface area contributed by atoms with Gasteiger partial charge in [-0.05, 0) is 60.1 Å². The van der Waals surface area contributed by atoms with Crippen LogP contribution in [-0.4, -0.2) is 12.4 Å². The smallest absolute Gasteiger partial charge is 0.133 e. The molecule has 0 N–H and O–H groups in total. The summed E-state index contributed by atoms with van der Waals surface area (Å²) in [5, 5.41) is 10.8. The zero-order valence-corrected chi connectivity index (χ0v) is 14.5. The fourth-order valence-electron chi connectivity index (χ4n) is 2.47. The molecule has 1 atom stereocenters. The van der Waals surface area contributed by atoms with Crippen LogP contribution in [-0.2, 0) is 0 Å². The molecule has 0 heterocycles. The Labute approximate surface area is 133 Å². The molecule has 0 saturated heterocycles. The van der Waals surface area contributed by atoms with Gasteiger partial charge >= 0.3 is 0 Å². The maximum atomic E-state index is 8.65. The van der Waals surface area contributed by atoms with Crippen molar-refractivity contribution >= 4 is 11.8 Å². The van der Waals surface area contributed by atoms with Gasteiger partial charge < -0.3 is 4.74 Å². The Hall–Kier alpha value is -1.14. The molecule has 3 heteroatoms. The van der Waals surface area contributed by atoms with Crippen LogP contribution in [0.4, 0.5) is 0 Å². The van der Waals surface area contributed by atoms with Crippen molar-refractivity contribution in [3.63, 3.8) is 0 Å². The SMILES string of the molecule is CCCOc1ccc(C(CC)CCSC#N)cc1C(C)C. The lowest BCUT2D eigenvalue weighted by Gasteiger charge is -2.19. The summed E-state index contributed by atoms with van der Waals surface area (Å²) in [6, 6.07) is 6.63. The van der Waals surface area contributed by atoms with Crippen molar-refractivity contribution in [3.05, 3.63) is 29.3 Å². The lowest BCUT2D eigenvalue weighted by atomic mass is 9.90. The highest BCUT2D eigenvalue weighted by Crippen LogP contribution is 2.33. The molecule has 0 aliphatic heterocycles. The molecular formula is C18H27NOS. The minimum absolute atomic E-state index is 0.461. The number of benzene rings is 1. The lowest BCUT2D eigenvalue weighted by Crippen LogP contribution is -2.04. The molecule has 0 spiro atoms. The van der Waals surface area contributed by atoms with E-state index in [1.54, 1.807) is 0 Å². The molecule has 21 heavy (non-hydrogen) atoms. The normalized spacial score (nSPS) is 12.2. The minimum Gasteiger partial charge on any atom is -0.493 e. The van der Waals surface area contributed by atoms with Gasteiger partial charge in [0.15, 0.2) is 0 Å². The number of thioether (sulfide) groups is 1. The number of rotatable bonds is 9. The third kappa shape index (κ3) is 5.63. The van der Waals surface area contributed by atoms with Crippen molar-refractivity contribution in [1.82, 2.24) is 0 Å². The summed E-state index contributed by atoms with van der Waals surface area (Å²) in [4.78, 5) is 0. The first kappa shape index (κ1) is 17.9. The van der Waals surface area contributed by atoms with Gasteiger partial charge in [0.25, 0.3) is 0 Å². The van der Waals surface area contributed by atoms with Gasteiger partial charge in [0, 0.05) is 5.75 Å². The summed E-state index contributed by atoms with van der Waals surface area (Å²) in [5.41, 5.74) is 2.68. The van der Waals surface area contributed by atoms with Gasteiger partial charge in [0.2, 0.25) is 0 Å². The topological polar surface area (TPSA) is 33.0 Å². The van der Waals surface area contributed by atoms with E-state index in [0.29, 0.717) is 11.8 Å². The number of hydrogen-bond acceptors (Lipinski definition) is 3. The molecule has 0 aromatic heterocycles. The van der Waals surface area contributed by atoms with Gasteiger partial charge in [0.1, 0.15) is 11.2 Å². The quantitative estimate of drug-likeness (QED) is 0.433. The van der Waals surface area contributed by atoms with E-state index in [9.17, 15) is 0 Å². The average molecular weight is 305 g/mol. The van der Waals surface area contributed by atoms with Crippen LogP contribution in [0.25, 0.3) is 0 Å². The molecule has 0 amide bonds. The Balaban J connectivity index is 2.92. The van der Waals surface area contributed by atoms with Crippen molar-refractivity contribution in [3.8, 4) is 11.2 Å². The fourth-order valence-corrected chi connectivity index (χ4v) is 2.96. The van der Waals surface area contributed by atoms with E-state index in [4.69, 9.17) is 10.00 Å². The molecule has 0 aliphatic rings. The summed E-state index contributed by atoms with van der Waals surface area (Å²) >= 11 is 1.35. The van der Waals surface area contributed by atoms with Crippen LogP contribution in [0.5, 0.6) is 5.75 Å². The number of hydrogen-bond donors (Lipinski definition) is 0. The minimum atomic E-state index is 0.461. The Kier molecular flexibility index (Phi) is 8.30. The summed E-state index contributed by atoms with van der Waals surface area (Å²) in [7, 11) is 0. The molecule has 0 fully saturated rings. The Morgan fingerprint density at radius 1 is 1.29 bits per heavy atom. The van der Waals surface area contributed by atoms with Gasteiger partial charge in [0.05, 0.1) is 6.61 Å². The molecule has 0 aliphatic carbocycles. The predicted molar refractivity (Wildman–Crippen MR) is 92.0 cm³/mol. The highest BCUT2D eigenvalue weighted by Gasteiger charge is 2.14. The van der Waals surface area contributed by atoms with E-state index < -0.39 is 0 Å². The molecular weight excluding hydrogens is 278 g/mol. The van der Waals surface area contributed by atoms with Crippen LogP contribution in [0, 0.1) is 10.7 Å². The molecule has 0 radical (unpaired) electrons. The monoisotopic (exact) mass is 305 g/mol. The molecule has 0 saturated carbocycles. The van der Waals surface area contributed by atoms with E-state index in [2.05, 4.69) is 51.3 Å². The van der Waals surface area contributed by atoms with Gasteiger partial charge in [-0.15, -0.1) is 0 Å². The van der Waals surface area contributed by atoms with Crippen LogP contribution in [0.2, 0.25) is 0 Å². The molecule has 2 nitrogen and oxygen atoms in total. The Bertz CT molecular complexity index is 465. The number of nitrogens with zero attached hydrogens (tertiary/aromatic N) is 1. The molecule has 1 unspecified atom stereocenters. The van der Waals surface area contributed by atoms with Crippen LogP contribution in [0.3, 0.4) is 0 Å². The summed E-state index contributed by atoms with van der Waals surface area (Å²) < 4.78 is 5.87. The third-order valence-corrected chi connectivity index (χ3v) is 4.28. The largest absolute Gasteiger partial charge is 0.493 e. The second-order valence-electron chi connectivity index (χ2n) is 5.63. The maximum Gasteiger partial charge on any atom is 0.133 e. The number of thiocyanates is 1. The summed E-state index contributed by atoms with van der Waals surface area (Å²) in [5.74, 6) is 2.92. The first-order valence-corrected chi connectivity index (χ1v) is 8.90. The second-order valence-corrected chi connectivity index (χ2v) is 6.51. The van der Waals surface area contributed by atoms with Crippen molar-refractivity contribution in [2.75, 3.05) is 12.4 Å². The van der Waals surface area contributed by atoms with Crippen LogP contribution < -0.4 is 4.74 Å². The highest BCUT2D eigenvalue weighted by molar-refractivity contribution is 8.03. The summed E-state index contributed by atoms with van der Waals surface area (Å²) in [6.45, 7) is 9.55. The average Bonchev–Trinajstić information content (AvgIpc) is 2.49. The molecule has 0 bridgehead atoms. The fraction of sp³-hybridized carbons (Fsp3) is 0.611. The number of ether oxygens (including phenoxy) is 1. The Morgan fingerprint density at radius 3 is 2.62 bits per heavy atom. The first-order valence-electron chi connectivity index (χ1n) is 7.91. The van der Waals surface area contributed by atoms with Gasteiger partial charge in [-0.2, -0.15) is 5.26 Å². The zero-order chi connectivity index (χ0) is 15.7. The van der Waals surface area contributed by atoms with E-state index in [-0.39, 0.29) is 0 Å². The lowest BCUT2D eigenvalue weighted by molar-refractivity contribution is 0.313. The van der Waals surface area contributed by atoms with Crippen LogP contribution in [0.15, 0.2) is 18.2 Å². The molecule has 1 rings (SSSR count). The first-order chi connectivity index (χ1) is 10.1. The summed E-state index contributed by atoms with van der Waals surface area (Å²) in [6.07, 6.45) is 3.20. The van der Waals surface area contributed by atoms with E-state index >= 15 is 0 Å². The second kappa shape index (κ2) is 9.73. The van der Waals surface area contributed by atoms with Gasteiger partial charge in [-0.3, -0.25) is 0 Å². The van der Waals surface area contributed by atoms with Crippen molar-refractivity contribution in [1.29, 1.82) is 5.26 Å². The van der Waals surface area contributed by atoms with E-state index in [0.717, 1.165) is 37.4 Å². The molecule has 116 valence electrons. The molecule has 1 aromatic rings. The standard InChI is InChI=1S/C18H27NOS/c1-5-10-20-18-8-7-16(12-17(18)14(3)4)15(6-2)9-11-21-13-19/h7-8,12,14-15H,5-6,9-11H2,1-4H3.